The lowest BCUT2D eigenvalue weighted by Gasteiger charge is -2.24. The molecule has 0 radical (unpaired) electrons. The molecule has 1 atom stereocenters. The van der Waals surface area contributed by atoms with Gasteiger partial charge in [-0.2, -0.15) is 0 Å². The van der Waals surface area contributed by atoms with Crippen LogP contribution >= 0.6 is 0 Å². The number of halogens is 1. The van der Waals surface area contributed by atoms with E-state index < -0.39 is 15.4 Å². The quantitative estimate of drug-likeness (QED) is 0.870. The number of nitrogens with one attached hydrogen (secondary N) is 1. The van der Waals surface area contributed by atoms with E-state index in [1.807, 2.05) is 0 Å². The van der Waals surface area contributed by atoms with Crippen LogP contribution in [0.15, 0.2) is 48.5 Å². The third kappa shape index (κ3) is 4.60. The van der Waals surface area contributed by atoms with Gasteiger partial charge in [-0.1, -0.05) is 18.2 Å². The van der Waals surface area contributed by atoms with Crippen molar-refractivity contribution in [3.8, 4) is 5.75 Å². The van der Waals surface area contributed by atoms with Crippen molar-refractivity contribution in [1.82, 2.24) is 5.32 Å². The summed E-state index contributed by atoms with van der Waals surface area (Å²) in [4.78, 5) is 12.5. The van der Waals surface area contributed by atoms with Crippen LogP contribution in [0, 0.1) is 5.82 Å². The molecule has 26 heavy (non-hydrogen) atoms. The molecule has 2 aromatic carbocycles. The molecule has 0 bridgehead atoms. The Kier molecular flexibility index (Phi) is 5.00. The van der Waals surface area contributed by atoms with Crippen molar-refractivity contribution < 1.29 is 22.3 Å². The first-order chi connectivity index (χ1) is 12.2. The lowest BCUT2D eigenvalue weighted by molar-refractivity contribution is 0.0915. The molecule has 5 nitrogen and oxygen atoms in total. The maximum absolute atomic E-state index is 12.9. The van der Waals surface area contributed by atoms with E-state index in [1.165, 1.54) is 12.1 Å². The number of hydrogen-bond acceptors (Lipinski definition) is 4. The maximum atomic E-state index is 12.9. The standard InChI is InChI=1S/C19H20FNO4S/c1-19(9-10-26(23,24)13-19)21-18(22)15-3-2-4-17(11-15)25-12-14-5-7-16(20)8-6-14/h2-8,11H,9-10,12-13H2,1H3,(H,21,22)/t19-/m1/s1. The van der Waals surface area contributed by atoms with Gasteiger partial charge < -0.3 is 10.1 Å². The average Bonchev–Trinajstić information content (AvgIpc) is 2.87. The van der Waals surface area contributed by atoms with Gasteiger partial charge in [0.1, 0.15) is 18.2 Å². The normalized spacial score (nSPS) is 21.3. The van der Waals surface area contributed by atoms with Crippen LogP contribution in [0.25, 0.3) is 0 Å². The molecule has 1 heterocycles. The fourth-order valence-corrected chi connectivity index (χ4v) is 5.02. The number of amides is 1. The second kappa shape index (κ2) is 7.07. The summed E-state index contributed by atoms with van der Waals surface area (Å²) < 4.78 is 41.9. The van der Waals surface area contributed by atoms with Crippen molar-refractivity contribution in [2.45, 2.75) is 25.5 Å². The Hall–Kier alpha value is -2.41. The third-order valence-electron chi connectivity index (χ3n) is 4.33. The largest absolute Gasteiger partial charge is 0.489 e. The molecule has 0 aromatic heterocycles. The van der Waals surface area contributed by atoms with E-state index in [2.05, 4.69) is 5.32 Å². The number of hydrogen-bond donors (Lipinski definition) is 1. The summed E-state index contributed by atoms with van der Waals surface area (Å²) in [6.45, 7) is 1.99. The average molecular weight is 377 g/mol. The summed E-state index contributed by atoms with van der Waals surface area (Å²) in [5.74, 6) is -0.102. The molecule has 0 unspecified atom stereocenters. The second-order valence-corrected chi connectivity index (χ2v) is 8.98. The molecule has 0 saturated carbocycles. The highest BCUT2D eigenvalue weighted by Gasteiger charge is 2.39. The Morgan fingerprint density at radius 2 is 1.96 bits per heavy atom. The first-order valence-electron chi connectivity index (χ1n) is 8.25. The monoisotopic (exact) mass is 377 g/mol. The van der Waals surface area contributed by atoms with Crippen molar-refractivity contribution >= 4 is 15.7 Å². The zero-order valence-corrected chi connectivity index (χ0v) is 15.2. The molecule has 7 heteroatoms. The van der Waals surface area contributed by atoms with E-state index in [0.29, 0.717) is 17.7 Å². The predicted molar refractivity (Wildman–Crippen MR) is 96.3 cm³/mol. The van der Waals surface area contributed by atoms with E-state index in [4.69, 9.17) is 4.74 Å². The zero-order chi connectivity index (χ0) is 18.8. The van der Waals surface area contributed by atoms with Gasteiger partial charge in [0.25, 0.3) is 5.91 Å². The maximum Gasteiger partial charge on any atom is 0.251 e. The summed E-state index contributed by atoms with van der Waals surface area (Å²) in [6.07, 6.45) is 0.405. The molecule has 138 valence electrons. The van der Waals surface area contributed by atoms with Crippen molar-refractivity contribution in [2.75, 3.05) is 11.5 Å². The van der Waals surface area contributed by atoms with Crippen LogP contribution in [0.4, 0.5) is 4.39 Å². The van der Waals surface area contributed by atoms with E-state index >= 15 is 0 Å². The summed E-state index contributed by atoms with van der Waals surface area (Å²) in [5.41, 5.74) is 0.456. The molecular formula is C19H20FNO4S. The van der Waals surface area contributed by atoms with E-state index in [-0.39, 0.29) is 29.8 Å². The van der Waals surface area contributed by atoms with Crippen LogP contribution < -0.4 is 10.1 Å². The minimum absolute atomic E-state index is 0.0491. The topological polar surface area (TPSA) is 72.5 Å². The molecule has 1 N–H and O–H groups in total. The highest BCUT2D eigenvalue weighted by atomic mass is 32.2. The molecule has 1 saturated heterocycles. The first kappa shape index (κ1) is 18.4. The van der Waals surface area contributed by atoms with Gasteiger partial charge in [0.2, 0.25) is 0 Å². The Labute approximate surface area is 152 Å². The Morgan fingerprint density at radius 1 is 1.23 bits per heavy atom. The van der Waals surface area contributed by atoms with Gasteiger partial charge >= 0.3 is 0 Å². The van der Waals surface area contributed by atoms with Gasteiger partial charge in [-0.05, 0) is 49.2 Å². The van der Waals surface area contributed by atoms with E-state index in [0.717, 1.165) is 5.56 Å². The fourth-order valence-electron chi connectivity index (χ4n) is 2.93. The number of carbonyl (C=O) groups is 1. The molecule has 3 rings (SSSR count). The van der Waals surface area contributed by atoms with Crippen molar-refractivity contribution in [3.05, 3.63) is 65.5 Å². The number of carbonyl (C=O) groups excluding carboxylic acids is 1. The summed E-state index contributed by atoms with van der Waals surface area (Å²) in [6, 6.07) is 12.7. The number of sulfone groups is 1. The van der Waals surface area contributed by atoms with E-state index in [9.17, 15) is 17.6 Å². The van der Waals surface area contributed by atoms with Crippen LogP contribution in [-0.2, 0) is 16.4 Å². The Balaban J connectivity index is 1.65. The van der Waals surface area contributed by atoms with Gasteiger partial charge in [-0.25, -0.2) is 12.8 Å². The molecular weight excluding hydrogens is 357 g/mol. The summed E-state index contributed by atoms with van der Waals surface area (Å²) in [7, 11) is -3.10. The highest BCUT2D eigenvalue weighted by Crippen LogP contribution is 2.24. The highest BCUT2D eigenvalue weighted by molar-refractivity contribution is 7.91. The number of ether oxygens (including phenoxy) is 1. The van der Waals surface area contributed by atoms with Crippen LogP contribution in [0.5, 0.6) is 5.75 Å². The zero-order valence-electron chi connectivity index (χ0n) is 14.4. The lowest BCUT2D eigenvalue weighted by Crippen LogP contribution is -2.46. The van der Waals surface area contributed by atoms with Crippen LogP contribution in [0.2, 0.25) is 0 Å². The van der Waals surface area contributed by atoms with Gasteiger partial charge in [0.15, 0.2) is 9.84 Å². The van der Waals surface area contributed by atoms with Crippen LogP contribution in [-0.4, -0.2) is 31.4 Å². The predicted octanol–water partition coefficient (Wildman–Crippen LogP) is 2.71. The third-order valence-corrected chi connectivity index (χ3v) is 6.24. The molecule has 0 spiro atoms. The molecule has 0 aliphatic carbocycles. The van der Waals surface area contributed by atoms with Gasteiger partial charge in [-0.15, -0.1) is 0 Å². The molecule has 1 aliphatic rings. The van der Waals surface area contributed by atoms with Crippen LogP contribution in [0.3, 0.4) is 0 Å². The minimum atomic E-state index is -3.10. The minimum Gasteiger partial charge on any atom is -0.489 e. The SMILES string of the molecule is C[C@@]1(NC(=O)c2cccc(OCc3ccc(F)cc3)c2)CCS(=O)(=O)C1. The Morgan fingerprint density at radius 3 is 2.62 bits per heavy atom. The van der Waals surface area contributed by atoms with Crippen molar-refractivity contribution in [3.63, 3.8) is 0 Å². The van der Waals surface area contributed by atoms with Crippen molar-refractivity contribution in [1.29, 1.82) is 0 Å². The first-order valence-corrected chi connectivity index (χ1v) is 10.1. The Bertz CT molecular complexity index is 911. The van der Waals surface area contributed by atoms with E-state index in [1.54, 1.807) is 43.3 Å². The summed E-state index contributed by atoms with van der Waals surface area (Å²) >= 11 is 0. The van der Waals surface area contributed by atoms with Gasteiger partial charge in [0, 0.05) is 5.56 Å². The molecule has 2 aromatic rings. The molecule has 1 fully saturated rings. The smallest absolute Gasteiger partial charge is 0.251 e. The fraction of sp³-hybridized carbons (Fsp3) is 0.316. The van der Waals surface area contributed by atoms with Gasteiger partial charge in [-0.3, -0.25) is 4.79 Å². The number of benzene rings is 2. The number of rotatable bonds is 5. The summed E-state index contributed by atoms with van der Waals surface area (Å²) in [5, 5.41) is 2.82. The van der Waals surface area contributed by atoms with Crippen molar-refractivity contribution in [2.24, 2.45) is 0 Å². The molecule has 1 aliphatic heterocycles. The lowest BCUT2D eigenvalue weighted by atomic mass is 10.0. The van der Waals surface area contributed by atoms with Gasteiger partial charge in [0.05, 0.1) is 17.0 Å². The second-order valence-electron chi connectivity index (χ2n) is 6.80. The van der Waals surface area contributed by atoms with Crippen LogP contribution in [0.1, 0.15) is 29.3 Å². The molecule has 1 amide bonds.